The first-order chi connectivity index (χ1) is 8.47. The smallest absolute Gasteiger partial charge is 0.300 e. The van der Waals surface area contributed by atoms with E-state index in [1.165, 1.54) is 6.21 Å². The molecule has 8 heteroatoms. The zero-order valence-electron chi connectivity index (χ0n) is 9.47. The highest BCUT2D eigenvalue weighted by molar-refractivity contribution is 6.36. The van der Waals surface area contributed by atoms with E-state index in [0.717, 1.165) is 18.8 Å². The molecule has 0 aliphatic rings. The second-order valence-electron chi connectivity index (χ2n) is 2.82. The van der Waals surface area contributed by atoms with Crippen LogP contribution in [0.25, 0.3) is 0 Å². The van der Waals surface area contributed by atoms with Crippen molar-refractivity contribution in [3.05, 3.63) is 33.8 Å². The van der Waals surface area contributed by atoms with Crippen LogP contribution >= 0.6 is 23.2 Å². The molecule has 0 aliphatic carbocycles. The molecule has 0 unspecified atom stereocenters. The summed E-state index contributed by atoms with van der Waals surface area (Å²) in [5.74, 6) is -0.833. The van der Waals surface area contributed by atoms with Crippen LogP contribution < -0.4 is 11.3 Å². The van der Waals surface area contributed by atoms with Gasteiger partial charge in [0.2, 0.25) is 0 Å². The molecule has 0 saturated heterocycles. The van der Waals surface area contributed by atoms with Crippen molar-refractivity contribution in [2.24, 2.45) is 15.9 Å². The lowest BCUT2D eigenvalue weighted by molar-refractivity contribution is -0.134. The number of halogens is 2. The standard InChI is InChI=1S/C8H8Cl2N4.C2H4O2/c9-7-2-1-6(8(10)3-7)4-12-14-13-5-11;1-2(3)4/h1-5,14H,(H2,11,13);1H3,(H,3,4)/b12-4+;. The van der Waals surface area contributed by atoms with Crippen molar-refractivity contribution in [2.45, 2.75) is 6.92 Å². The average Bonchev–Trinajstić information content (AvgIpc) is 2.26. The monoisotopic (exact) mass is 290 g/mol. The van der Waals surface area contributed by atoms with E-state index in [9.17, 15) is 0 Å². The van der Waals surface area contributed by atoms with Crippen molar-refractivity contribution in [3.8, 4) is 0 Å². The number of aliphatic carboxylic acids is 1. The van der Waals surface area contributed by atoms with Crippen LogP contribution in [0.1, 0.15) is 12.5 Å². The Hall–Kier alpha value is -1.79. The van der Waals surface area contributed by atoms with Gasteiger partial charge in [0.05, 0.1) is 11.2 Å². The highest BCUT2D eigenvalue weighted by Gasteiger charge is 1.97. The molecule has 0 amide bonds. The van der Waals surface area contributed by atoms with Crippen molar-refractivity contribution in [1.29, 1.82) is 0 Å². The Bertz CT molecular complexity index is 446. The number of nitrogens with one attached hydrogen (secondary N) is 1. The molecule has 18 heavy (non-hydrogen) atoms. The van der Waals surface area contributed by atoms with Gasteiger partial charge in [-0.05, 0) is 12.1 Å². The zero-order chi connectivity index (χ0) is 14.0. The molecule has 0 radical (unpaired) electrons. The van der Waals surface area contributed by atoms with Crippen molar-refractivity contribution >= 4 is 41.7 Å². The lowest BCUT2D eigenvalue weighted by atomic mass is 10.2. The van der Waals surface area contributed by atoms with E-state index >= 15 is 0 Å². The zero-order valence-corrected chi connectivity index (χ0v) is 11.0. The second-order valence-corrected chi connectivity index (χ2v) is 3.66. The van der Waals surface area contributed by atoms with E-state index in [4.69, 9.17) is 38.8 Å². The summed E-state index contributed by atoms with van der Waals surface area (Å²) in [4.78, 5) is 9.00. The molecular formula is C10H12Cl2N4O2. The fourth-order valence-electron chi connectivity index (χ4n) is 0.771. The van der Waals surface area contributed by atoms with Gasteiger partial charge in [0.15, 0.2) is 0 Å². The number of hydrazone groups is 2. The number of carbonyl (C=O) groups is 1. The summed E-state index contributed by atoms with van der Waals surface area (Å²) >= 11 is 11.6. The molecule has 1 aromatic rings. The predicted molar refractivity (Wildman–Crippen MR) is 73.2 cm³/mol. The van der Waals surface area contributed by atoms with Crippen LogP contribution in [0, 0.1) is 0 Å². The van der Waals surface area contributed by atoms with E-state index in [2.05, 4.69) is 15.7 Å². The summed E-state index contributed by atoms with van der Waals surface area (Å²) < 4.78 is 0. The van der Waals surface area contributed by atoms with Gasteiger partial charge in [-0.15, -0.1) is 5.10 Å². The number of carboxylic acids is 1. The maximum Gasteiger partial charge on any atom is 0.300 e. The maximum atomic E-state index is 9.00. The molecule has 0 bridgehead atoms. The maximum absolute atomic E-state index is 9.00. The minimum absolute atomic E-state index is 0.528. The molecule has 0 fully saturated rings. The van der Waals surface area contributed by atoms with Crippen molar-refractivity contribution < 1.29 is 9.90 Å². The summed E-state index contributed by atoms with van der Waals surface area (Å²) in [7, 11) is 0. The summed E-state index contributed by atoms with van der Waals surface area (Å²) in [5.41, 5.74) is 8.08. The van der Waals surface area contributed by atoms with E-state index in [1.54, 1.807) is 18.2 Å². The summed E-state index contributed by atoms with van der Waals surface area (Å²) in [6, 6.07) is 5.11. The first kappa shape index (κ1) is 16.2. The largest absolute Gasteiger partial charge is 0.481 e. The van der Waals surface area contributed by atoms with Crippen LogP contribution in [0.15, 0.2) is 28.4 Å². The minimum atomic E-state index is -0.833. The van der Waals surface area contributed by atoms with Crippen molar-refractivity contribution in [3.63, 3.8) is 0 Å². The number of hydrogen-bond acceptors (Lipinski definition) is 4. The third-order valence-corrected chi connectivity index (χ3v) is 1.92. The highest BCUT2D eigenvalue weighted by atomic mass is 35.5. The molecule has 0 atom stereocenters. The van der Waals surface area contributed by atoms with Gasteiger partial charge in [0, 0.05) is 17.5 Å². The van der Waals surface area contributed by atoms with E-state index in [1.807, 2.05) is 0 Å². The lowest BCUT2D eigenvalue weighted by Crippen LogP contribution is -2.00. The van der Waals surface area contributed by atoms with Crippen molar-refractivity contribution in [1.82, 2.24) is 5.53 Å². The molecule has 0 heterocycles. The molecule has 4 N–H and O–H groups in total. The number of carboxylic acid groups (broad SMARTS) is 1. The summed E-state index contributed by atoms with van der Waals surface area (Å²) in [5, 5.41) is 15.7. The highest BCUT2D eigenvalue weighted by Crippen LogP contribution is 2.19. The fourth-order valence-corrected chi connectivity index (χ4v) is 1.23. The van der Waals surface area contributed by atoms with E-state index < -0.39 is 5.97 Å². The van der Waals surface area contributed by atoms with Gasteiger partial charge in [-0.1, -0.05) is 29.3 Å². The first-order valence-corrected chi connectivity index (χ1v) is 5.39. The van der Waals surface area contributed by atoms with Crippen LogP contribution in [0.2, 0.25) is 10.0 Å². The van der Waals surface area contributed by atoms with Gasteiger partial charge < -0.3 is 10.8 Å². The summed E-state index contributed by atoms with van der Waals surface area (Å²) in [6.07, 6.45) is 2.62. The van der Waals surface area contributed by atoms with Gasteiger partial charge in [0.1, 0.15) is 6.34 Å². The second kappa shape index (κ2) is 9.26. The van der Waals surface area contributed by atoms with Crippen LogP contribution in [0.4, 0.5) is 0 Å². The molecule has 6 nitrogen and oxygen atoms in total. The number of hydrogen-bond donors (Lipinski definition) is 3. The Labute approximate surface area is 114 Å². The Morgan fingerprint density at radius 2 is 2.06 bits per heavy atom. The Morgan fingerprint density at radius 1 is 1.44 bits per heavy atom. The topological polar surface area (TPSA) is 100 Å². The molecular weight excluding hydrogens is 279 g/mol. The Morgan fingerprint density at radius 3 is 2.56 bits per heavy atom. The average molecular weight is 291 g/mol. The molecule has 0 aromatic heterocycles. The van der Waals surface area contributed by atoms with E-state index in [0.29, 0.717) is 10.0 Å². The quantitative estimate of drug-likeness (QED) is 0.450. The molecule has 1 rings (SSSR count). The van der Waals surface area contributed by atoms with E-state index in [-0.39, 0.29) is 0 Å². The number of nitrogens with two attached hydrogens (primary N) is 1. The molecule has 0 saturated carbocycles. The molecule has 1 aromatic carbocycles. The van der Waals surface area contributed by atoms with Gasteiger partial charge in [-0.3, -0.25) is 4.79 Å². The molecule has 0 aliphatic heterocycles. The number of nitrogens with zero attached hydrogens (tertiary/aromatic N) is 2. The number of rotatable bonds is 3. The van der Waals surface area contributed by atoms with Crippen LogP contribution in [-0.4, -0.2) is 23.6 Å². The number of benzene rings is 1. The minimum Gasteiger partial charge on any atom is -0.481 e. The Balaban J connectivity index is 0.000000631. The summed E-state index contributed by atoms with van der Waals surface area (Å²) in [6.45, 7) is 1.08. The van der Waals surface area contributed by atoms with Crippen LogP contribution in [0.5, 0.6) is 0 Å². The fraction of sp³-hybridized carbons (Fsp3) is 0.100. The van der Waals surface area contributed by atoms with Gasteiger partial charge in [0.25, 0.3) is 5.97 Å². The third kappa shape index (κ3) is 8.37. The normalized spacial score (nSPS) is 10.2. The molecule has 98 valence electrons. The Kier molecular flexibility index (Phi) is 8.34. The van der Waals surface area contributed by atoms with Gasteiger partial charge in [-0.2, -0.15) is 10.6 Å². The predicted octanol–water partition coefficient (Wildman–Crippen LogP) is 1.91. The molecule has 0 spiro atoms. The van der Waals surface area contributed by atoms with Crippen LogP contribution in [-0.2, 0) is 4.79 Å². The first-order valence-electron chi connectivity index (χ1n) is 4.63. The van der Waals surface area contributed by atoms with Crippen molar-refractivity contribution in [2.75, 3.05) is 0 Å². The van der Waals surface area contributed by atoms with Crippen LogP contribution in [0.3, 0.4) is 0 Å². The third-order valence-electron chi connectivity index (χ3n) is 1.36. The SMILES string of the molecule is CC(=O)O.N/C=N\N/N=C/c1ccc(Cl)cc1Cl. The van der Waals surface area contributed by atoms with Gasteiger partial charge >= 0.3 is 0 Å². The van der Waals surface area contributed by atoms with Gasteiger partial charge in [-0.25, -0.2) is 0 Å². The lowest BCUT2D eigenvalue weighted by Gasteiger charge is -1.97.